The van der Waals surface area contributed by atoms with Crippen molar-refractivity contribution >= 4 is 22.7 Å². The number of nitrogens with one attached hydrogen (secondary N) is 1. The maximum absolute atomic E-state index is 13.6. The number of carbonyl (C=O) groups is 2. The van der Waals surface area contributed by atoms with E-state index in [4.69, 9.17) is 0 Å². The molecule has 1 fully saturated rings. The Balaban J connectivity index is 1.71. The van der Waals surface area contributed by atoms with Gasteiger partial charge in [0.05, 0.1) is 6.54 Å². The predicted molar refractivity (Wildman–Crippen MR) is 125 cm³/mol. The van der Waals surface area contributed by atoms with Gasteiger partial charge in [-0.3, -0.25) is 9.69 Å². The van der Waals surface area contributed by atoms with E-state index in [2.05, 4.69) is 52.1 Å². The molecule has 1 N–H and O–H groups in total. The molecule has 1 aliphatic heterocycles. The lowest BCUT2D eigenvalue weighted by molar-refractivity contribution is -0.131. The number of benzene rings is 3. The van der Waals surface area contributed by atoms with Crippen LogP contribution in [0, 0.1) is 13.8 Å². The van der Waals surface area contributed by atoms with Crippen LogP contribution in [0.4, 0.5) is 4.79 Å². The average molecular weight is 415 g/mol. The molecule has 1 atom stereocenters. The molecule has 0 radical (unpaired) electrons. The molecule has 0 unspecified atom stereocenters. The molecule has 31 heavy (non-hydrogen) atoms. The highest BCUT2D eigenvalue weighted by Gasteiger charge is 2.49. The maximum Gasteiger partial charge on any atom is 0.325 e. The zero-order chi connectivity index (χ0) is 22.6. The van der Waals surface area contributed by atoms with Gasteiger partial charge >= 0.3 is 6.03 Å². The van der Waals surface area contributed by atoms with Crippen LogP contribution in [0.1, 0.15) is 55.5 Å². The Kier molecular flexibility index (Phi) is 4.92. The topological polar surface area (TPSA) is 49.4 Å². The molecule has 4 nitrogen and oxygen atoms in total. The molecule has 3 amide bonds. The lowest BCUT2D eigenvalue weighted by Crippen LogP contribution is -2.41. The Labute approximate surface area is 184 Å². The summed E-state index contributed by atoms with van der Waals surface area (Å²) in [4.78, 5) is 27.9. The van der Waals surface area contributed by atoms with Gasteiger partial charge in [-0.25, -0.2) is 4.79 Å². The zero-order valence-electron chi connectivity index (χ0n) is 19.2. The molecule has 1 saturated heterocycles. The summed E-state index contributed by atoms with van der Waals surface area (Å²) in [5, 5.41) is 4.99. The van der Waals surface area contributed by atoms with Gasteiger partial charge in [0.2, 0.25) is 0 Å². The molecule has 4 heteroatoms. The first-order valence-electron chi connectivity index (χ1n) is 10.8. The van der Waals surface area contributed by atoms with Gasteiger partial charge in [0.25, 0.3) is 5.91 Å². The molecule has 1 heterocycles. The molecule has 0 aromatic heterocycles. The Morgan fingerprint density at radius 2 is 1.55 bits per heavy atom. The molecule has 0 aliphatic carbocycles. The average Bonchev–Trinajstić information content (AvgIpc) is 2.92. The third-order valence-corrected chi connectivity index (χ3v) is 6.48. The second-order valence-corrected chi connectivity index (χ2v) is 9.81. The largest absolute Gasteiger partial charge is 0.325 e. The van der Waals surface area contributed by atoms with Crippen LogP contribution in [-0.2, 0) is 22.3 Å². The summed E-state index contributed by atoms with van der Waals surface area (Å²) < 4.78 is 0. The lowest BCUT2D eigenvalue weighted by atomic mass is 9.83. The Bertz CT molecular complexity index is 1180. The van der Waals surface area contributed by atoms with Gasteiger partial charge in [-0.2, -0.15) is 0 Å². The summed E-state index contributed by atoms with van der Waals surface area (Å²) in [6.07, 6.45) is 0. The number of nitrogens with zero attached hydrogens (tertiary/aromatic N) is 1. The molecule has 0 spiro atoms. The summed E-state index contributed by atoms with van der Waals surface area (Å²) in [5.74, 6) is -0.215. The monoisotopic (exact) mass is 414 g/mol. The normalized spacial score (nSPS) is 19.2. The molecule has 1 aliphatic rings. The van der Waals surface area contributed by atoms with E-state index in [1.807, 2.05) is 42.5 Å². The smallest absolute Gasteiger partial charge is 0.319 e. The second kappa shape index (κ2) is 7.23. The van der Waals surface area contributed by atoms with Gasteiger partial charge in [-0.1, -0.05) is 75.4 Å². The summed E-state index contributed by atoms with van der Waals surface area (Å²) in [5.41, 5.74) is 4.26. The van der Waals surface area contributed by atoms with Gasteiger partial charge in [-0.05, 0) is 64.8 Å². The number of hydrogen-bond acceptors (Lipinski definition) is 2. The maximum atomic E-state index is 13.6. The minimum Gasteiger partial charge on any atom is -0.319 e. The van der Waals surface area contributed by atoms with Crippen LogP contribution in [0.2, 0.25) is 0 Å². The van der Waals surface area contributed by atoms with Gasteiger partial charge in [0.1, 0.15) is 5.54 Å². The predicted octanol–water partition coefficient (Wildman–Crippen LogP) is 5.72. The number of amides is 3. The van der Waals surface area contributed by atoms with Crippen LogP contribution in [0.5, 0.6) is 0 Å². The first kappa shape index (κ1) is 21.1. The highest BCUT2D eigenvalue weighted by molar-refractivity contribution is 6.09. The van der Waals surface area contributed by atoms with E-state index in [0.717, 1.165) is 33.0 Å². The number of imide groups is 1. The number of urea groups is 1. The van der Waals surface area contributed by atoms with Crippen LogP contribution in [0.3, 0.4) is 0 Å². The van der Waals surface area contributed by atoms with E-state index < -0.39 is 5.54 Å². The highest BCUT2D eigenvalue weighted by Crippen LogP contribution is 2.35. The van der Waals surface area contributed by atoms with E-state index in [-0.39, 0.29) is 23.9 Å². The molecule has 160 valence electrons. The molecule has 3 aromatic carbocycles. The Morgan fingerprint density at radius 1 is 0.935 bits per heavy atom. The number of hydrogen-bond donors (Lipinski definition) is 1. The number of fused-ring (bicyclic) bond motifs is 1. The zero-order valence-corrected chi connectivity index (χ0v) is 19.2. The van der Waals surface area contributed by atoms with Crippen LogP contribution in [-0.4, -0.2) is 16.8 Å². The van der Waals surface area contributed by atoms with Crippen molar-refractivity contribution < 1.29 is 9.59 Å². The summed E-state index contributed by atoms with van der Waals surface area (Å²) in [7, 11) is 0. The van der Waals surface area contributed by atoms with Crippen molar-refractivity contribution in [2.75, 3.05) is 0 Å². The summed E-state index contributed by atoms with van der Waals surface area (Å²) >= 11 is 0. The van der Waals surface area contributed by atoms with Gasteiger partial charge < -0.3 is 5.32 Å². The lowest BCUT2D eigenvalue weighted by Gasteiger charge is -2.25. The van der Waals surface area contributed by atoms with Crippen molar-refractivity contribution in [1.29, 1.82) is 0 Å². The van der Waals surface area contributed by atoms with Crippen molar-refractivity contribution in [2.24, 2.45) is 0 Å². The SMILES string of the molecule is Cc1cc(C(C)(C)C)cc(C)c1CN1C(=O)N[C@](C)(c2cccc3ccccc23)C1=O. The fourth-order valence-electron chi connectivity index (χ4n) is 4.52. The molecule has 4 rings (SSSR count). The van der Waals surface area contributed by atoms with Crippen LogP contribution >= 0.6 is 0 Å². The highest BCUT2D eigenvalue weighted by atomic mass is 16.2. The number of aryl methyl sites for hydroxylation is 2. The number of rotatable bonds is 3. The molecule has 3 aromatic rings. The van der Waals surface area contributed by atoms with E-state index in [1.54, 1.807) is 6.92 Å². The third kappa shape index (κ3) is 3.50. The first-order valence-corrected chi connectivity index (χ1v) is 10.8. The third-order valence-electron chi connectivity index (χ3n) is 6.48. The van der Waals surface area contributed by atoms with Crippen molar-refractivity contribution in [1.82, 2.24) is 10.2 Å². The Hall–Kier alpha value is -3.14. The van der Waals surface area contributed by atoms with Crippen molar-refractivity contribution in [3.8, 4) is 0 Å². The Morgan fingerprint density at radius 3 is 2.19 bits per heavy atom. The number of carbonyl (C=O) groups excluding carboxylic acids is 2. The van der Waals surface area contributed by atoms with E-state index in [0.29, 0.717) is 0 Å². The standard InChI is InChI=1S/C27H30N2O2/c1-17-14-20(26(3,4)5)15-18(2)22(17)16-29-24(30)27(6,28-25(29)31)23-13-9-11-19-10-7-8-12-21(19)23/h7-15H,16H2,1-6H3,(H,28,31)/t27-/m1/s1. The molecular formula is C27H30N2O2. The van der Waals surface area contributed by atoms with Crippen LogP contribution < -0.4 is 5.32 Å². The fourth-order valence-corrected chi connectivity index (χ4v) is 4.52. The van der Waals surface area contributed by atoms with Crippen LogP contribution in [0.15, 0.2) is 54.6 Å². The quantitative estimate of drug-likeness (QED) is 0.557. The van der Waals surface area contributed by atoms with Crippen molar-refractivity contribution in [3.05, 3.63) is 82.4 Å². The minimum atomic E-state index is -1.09. The molecule has 0 saturated carbocycles. The van der Waals surface area contributed by atoms with Crippen LogP contribution in [0.25, 0.3) is 10.8 Å². The molecule has 0 bridgehead atoms. The first-order chi connectivity index (χ1) is 14.5. The van der Waals surface area contributed by atoms with Crippen molar-refractivity contribution in [2.45, 2.75) is 59.0 Å². The van der Waals surface area contributed by atoms with E-state index in [1.165, 1.54) is 10.5 Å². The van der Waals surface area contributed by atoms with Gasteiger partial charge in [0, 0.05) is 0 Å². The second-order valence-electron chi connectivity index (χ2n) is 9.81. The minimum absolute atomic E-state index is 0.0435. The van der Waals surface area contributed by atoms with Gasteiger partial charge in [0.15, 0.2) is 0 Å². The summed E-state index contributed by atoms with van der Waals surface area (Å²) in [6, 6.07) is 17.8. The van der Waals surface area contributed by atoms with E-state index >= 15 is 0 Å². The fraction of sp³-hybridized carbons (Fsp3) is 0.333. The summed E-state index contributed by atoms with van der Waals surface area (Å²) in [6.45, 7) is 12.8. The van der Waals surface area contributed by atoms with Gasteiger partial charge in [-0.15, -0.1) is 0 Å². The molecular weight excluding hydrogens is 384 g/mol. The van der Waals surface area contributed by atoms with Crippen molar-refractivity contribution in [3.63, 3.8) is 0 Å². The van der Waals surface area contributed by atoms with E-state index in [9.17, 15) is 9.59 Å².